The predicted octanol–water partition coefficient (Wildman–Crippen LogP) is 8.44. The van der Waals surface area contributed by atoms with Gasteiger partial charge in [-0.2, -0.15) is 0 Å². The molecule has 0 aliphatic heterocycles. The number of carbonyl (C=O) groups excluding carboxylic acids is 2. The smallest absolute Gasteiger partial charge is 0.348 e. The summed E-state index contributed by atoms with van der Waals surface area (Å²) in [5, 5.41) is 0.344. The number of carbonyl (C=O) groups is 2. The third-order valence-electron chi connectivity index (χ3n) is 8.06. The largest absolute Gasteiger partial charge is 0.465 e. The van der Waals surface area contributed by atoms with E-state index in [9.17, 15) is 9.59 Å². The maximum absolute atomic E-state index is 12.6. The van der Waals surface area contributed by atoms with Crippen LogP contribution in [0.2, 0.25) is 18.1 Å². The van der Waals surface area contributed by atoms with Crippen molar-refractivity contribution in [2.75, 3.05) is 7.11 Å². The number of halogens is 1. The maximum Gasteiger partial charge on any atom is 0.348 e. The molecule has 2 rings (SSSR count). The molecule has 0 saturated heterocycles. The quantitative estimate of drug-likeness (QED) is 0.106. The molecule has 1 aromatic heterocycles. The van der Waals surface area contributed by atoms with Gasteiger partial charge in [0.25, 0.3) is 0 Å². The van der Waals surface area contributed by atoms with Crippen molar-refractivity contribution in [3.8, 4) is 0 Å². The second-order valence-electron chi connectivity index (χ2n) is 12.0. The molecule has 7 heteroatoms. The molecule has 1 aliphatic rings. The molecule has 0 unspecified atom stereocenters. The van der Waals surface area contributed by atoms with Gasteiger partial charge in [-0.25, -0.2) is 4.79 Å². The van der Waals surface area contributed by atoms with Gasteiger partial charge in [0, 0.05) is 22.8 Å². The first-order valence-electron chi connectivity index (χ1n) is 13.4. The Morgan fingerprint density at radius 2 is 1.94 bits per heavy atom. The molecule has 0 spiro atoms. The van der Waals surface area contributed by atoms with Crippen LogP contribution in [0.25, 0.3) is 0 Å². The van der Waals surface area contributed by atoms with Crippen LogP contribution in [0.4, 0.5) is 0 Å². The Morgan fingerprint density at radius 3 is 2.58 bits per heavy atom. The lowest BCUT2D eigenvalue weighted by molar-refractivity contribution is -0.114. The number of thiophene rings is 1. The molecule has 1 aromatic rings. The summed E-state index contributed by atoms with van der Waals surface area (Å²) in [5.41, 5.74) is 0. The fraction of sp³-hybridized carbons (Fsp3) is 0.724. The van der Waals surface area contributed by atoms with E-state index in [1.807, 2.05) is 18.2 Å². The van der Waals surface area contributed by atoms with E-state index in [1.54, 1.807) is 0 Å². The van der Waals surface area contributed by atoms with Crippen molar-refractivity contribution in [1.29, 1.82) is 0 Å². The van der Waals surface area contributed by atoms with Gasteiger partial charge in [-0.3, -0.25) is 4.79 Å². The van der Waals surface area contributed by atoms with Gasteiger partial charge >= 0.3 is 5.97 Å². The molecule has 5 atom stereocenters. The lowest BCUT2D eigenvalue weighted by atomic mass is 9.86. The summed E-state index contributed by atoms with van der Waals surface area (Å²) in [6.07, 6.45) is 10.4. The molecule has 1 fully saturated rings. The van der Waals surface area contributed by atoms with Crippen molar-refractivity contribution >= 4 is 43.0 Å². The molecule has 0 aromatic carbocycles. The lowest BCUT2D eigenvalue weighted by Gasteiger charge is -2.38. The van der Waals surface area contributed by atoms with Crippen molar-refractivity contribution in [3.05, 3.63) is 34.0 Å². The summed E-state index contributed by atoms with van der Waals surface area (Å²) in [6.45, 7) is 15.7. The molecule has 204 valence electrons. The summed E-state index contributed by atoms with van der Waals surface area (Å²) in [5.74, 6) is 1.12. The monoisotopic (exact) mass is 554 g/mol. The Morgan fingerprint density at radius 1 is 1.25 bits per heavy atom. The Hall–Kier alpha value is -0.953. The number of esters is 1. The second kappa shape index (κ2) is 13.7. The van der Waals surface area contributed by atoms with Crippen LogP contribution in [0.15, 0.2) is 24.3 Å². The number of alkyl halides is 1. The number of hydrogen-bond acceptors (Lipinski definition) is 5. The summed E-state index contributed by atoms with van der Waals surface area (Å²) < 4.78 is 11.2. The van der Waals surface area contributed by atoms with E-state index in [2.05, 4.69) is 53.8 Å². The summed E-state index contributed by atoms with van der Waals surface area (Å²) in [6, 6.07) is 3.85. The minimum Gasteiger partial charge on any atom is -0.465 e. The standard InChI is InChI=1S/C29H47ClO4SSi/c1-20-19-26(30)25(14-10-13-23-16-18-27(35-23)28(32)33-6)24(20)17-15-22(31)12-9-11-21(2)34-36(7,8)29(3,4)5/h15-18,20-21,24-26H,9-14,19H2,1-8H3/b17-15+/t20-,21+,24+,25-,26-/m1/s1. The van der Waals surface area contributed by atoms with Gasteiger partial charge in [-0.15, -0.1) is 22.9 Å². The van der Waals surface area contributed by atoms with E-state index in [-0.39, 0.29) is 28.3 Å². The zero-order valence-corrected chi connectivity index (χ0v) is 26.1. The average Bonchev–Trinajstić information content (AvgIpc) is 3.35. The van der Waals surface area contributed by atoms with Crippen molar-refractivity contribution in [3.63, 3.8) is 0 Å². The molecule has 1 saturated carbocycles. The van der Waals surface area contributed by atoms with Crippen LogP contribution in [0.5, 0.6) is 0 Å². The average molecular weight is 555 g/mol. The van der Waals surface area contributed by atoms with Crippen LogP contribution < -0.4 is 0 Å². The molecule has 1 heterocycles. The van der Waals surface area contributed by atoms with Crippen molar-refractivity contribution in [1.82, 2.24) is 0 Å². The predicted molar refractivity (Wildman–Crippen MR) is 155 cm³/mol. The highest BCUT2D eigenvalue weighted by Gasteiger charge is 2.39. The minimum absolute atomic E-state index is 0.145. The van der Waals surface area contributed by atoms with E-state index in [0.29, 0.717) is 29.1 Å². The van der Waals surface area contributed by atoms with Crippen molar-refractivity contribution in [2.24, 2.45) is 17.8 Å². The fourth-order valence-corrected chi connectivity index (χ4v) is 7.91. The molecule has 0 amide bonds. The molecular weight excluding hydrogens is 508 g/mol. The molecule has 1 aliphatic carbocycles. The van der Waals surface area contributed by atoms with Gasteiger partial charge in [0.05, 0.1) is 7.11 Å². The number of ether oxygens (including phenoxy) is 1. The number of allylic oxidation sites excluding steroid dienone is 2. The normalized spacial score (nSPS) is 23.8. The summed E-state index contributed by atoms with van der Waals surface area (Å²) in [7, 11) is -0.360. The highest BCUT2D eigenvalue weighted by atomic mass is 35.5. The number of methoxy groups -OCH3 is 1. The Bertz CT molecular complexity index is 888. The number of ketones is 1. The van der Waals surface area contributed by atoms with E-state index < -0.39 is 8.32 Å². The van der Waals surface area contributed by atoms with E-state index in [4.69, 9.17) is 20.8 Å². The van der Waals surface area contributed by atoms with E-state index >= 15 is 0 Å². The first-order valence-corrected chi connectivity index (χ1v) is 17.6. The first kappa shape index (κ1) is 31.3. The number of rotatable bonds is 13. The van der Waals surface area contributed by atoms with Gasteiger partial charge < -0.3 is 9.16 Å². The Kier molecular flexibility index (Phi) is 11.9. The Balaban J connectivity index is 1.81. The van der Waals surface area contributed by atoms with Gasteiger partial charge in [-0.1, -0.05) is 33.8 Å². The van der Waals surface area contributed by atoms with Crippen LogP contribution in [0, 0.1) is 17.8 Å². The van der Waals surface area contributed by atoms with Crippen LogP contribution in [-0.2, 0) is 20.4 Å². The van der Waals surface area contributed by atoms with E-state index in [0.717, 1.165) is 38.5 Å². The highest BCUT2D eigenvalue weighted by molar-refractivity contribution is 7.13. The molecule has 0 bridgehead atoms. The van der Waals surface area contributed by atoms with Crippen molar-refractivity contribution in [2.45, 2.75) is 109 Å². The zero-order valence-electron chi connectivity index (χ0n) is 23.6. The van der Waals surface area contributed by atoms with E-state index in [1.165, 1.54) is 23.3 Å². The van der Waals surface area contributed by atoms with Crippen molar-refractivity contribution < 1.29 is 18.8 Å². The highest BCUT2D eigenvalue weighted by Crippen LogP contribution is 2.44. The Labute approximate surface area is 229 Å². The molecular formula is C29H47ClO4SSi. The van der Waals surface area contributed by atoms with Crippen LogP contribution in [-0.4, -0.2) is 38.7 Å². The molecule has 0 N–H and O–H groups in total. The topological polar surface area (TPSA) is 52.6 Å². The van der Waals surface area contributed by atoms with Gasteiger partial charge in [0.15, 0.2) is 14.1 Å². The third-order valence-corrected chi connectivity index (χ3v) is 14.3. The zero-order chi connectivity index (χ0) is 27.1. The van der Waals surface area contributed by atoms with Gasteiger partial charge in [0.1, 0.15) is 4.88 Å². The number of aryl methyl sites for hydroxylation is 1. The van der Waals surface area contributed by atoms with Gasteiger partial charge in [0.2, 0.25) is 0 Å². The summed E-state index contributed by atoms with van der Waals surface area (Å²) >= 11 is 8.25. The van der Waals surface area contributed by atoms with Gasteiger partial charge in [-0.05, 0) is 99.5 Å². The van der Waals surface area contributed by atoms with Crippen LogP contribution in [0.1, 0.15) is 87.7 Å². The second-order valence-corrected chi connectivity index (χ2v) is 18.5. The lowest BCUT2D eigenvalue weighted by Crippen LogP contribution is -2.43. The SMILES string of the molecule is COC(=O)c1ccc(CCC[C@@H]2[C@@H](/C=C/C(=O)CCC[C@H](C)O[Si](C)(C)C(C)(C)C)[C@H](C)C[C@H]2Cl)s1. The molecule has 4 nitrogen and oxygen atoms in total. The number of hydrogen-bond donors (Lipinski definition) is 0. The van der Waals surface area contributed by atoms with Crippen LogP contribution in [0.3, 0.4) is 0 Å². The third kappa shape index (κ3) is 9.11. The summed E-state index contributed by atoms with van der Waals surface area (Å²) in [4.78, 5) is 26.1. The van der Waals surface area contributed by atoms with Crippen LogP contribution >= 0.6 is 22.9 Å². The fourth-order valence-electron chi connectivity index (χ4n) is 4.89. The first-order chi connectivity index (χ1) is 16.7. The minimum atomic E-state index is -1.77. The molecule has 36 heavy (non-hydrogen) atoms. The molecule has 0 radical (unpaired) electrons. The maximum atomic E-state index is 12.6.